The van der Waals surface area contributed by atoms with Crippen LogP contribution in [0.15, 0.2) is 22.8 Å². The normalized spacial score (nSPS) is 10.3. The Bertz CT molecular complexity index is 585. The van der Waals surface area contributed by atoms with Crippen LogP contribution in [0.4, 0.5) is 11.5 Å². The third-order valence-corrected chi connectivity index (χ3v) is 3.11. The van der Waals surface area contributed by atoms with E-state index in [9.17, 15) is 10.1 Å². The van der Waals surface area contributed by atoms with Crippen molar-refractivity contribution in [3.63, 3.8) is 0 Å². The van der Waals surface area contributed by atoms with Gasteiger partial charge in [-0.3, -0.25) is 10.1 Å². The third kappa shape index (κ3) is 2.22. The van der Waals surface area contributed by atoms with Crippen LogP contribution >= 0.6 is 11.8 Å². The summed E-state index contributed by atoms with van der Waals surface area (Å²) in [6, 6.07) is 0. The van der Waals surface area contributed by atoms with Gasteiger partial charge in [-0.1, -0.05) is 0 Å². The fourth-order valence-corrected chi connectivity index (χ4v) is 2.06. The van der Waals surface area contributed by atoms with E-state index in [1.54, 1.807) is 18.7 Å². The molecule has 0 spiro atoms. The summed E-state index contributed by atoms with van der Waals surface area (Å²) in [5.74, 6) is 0.166. The molecular formula is C8H9N7O2S. The minimum Gasteiger partial charge on any atom is -0.367 e. The van der Waals surface area contributed by atoms with Crippen molar-refractivity contribution >= 4 is 23.3 Å². The van der Waals surface area contributed by atoms with Crippen molar-refractivity contribution in [2.24, 2.45) is 7.05 Å². The second-order valence-electron chi connectivity index (χ2n) is 3.21. The molecule has 9 nitrogen and oxygen atoms in total. The number of aryl methyl sites for hydroxylation is 1. The summed E-state index contributed by atoms with van der Waals surface area (Å²) < 4.78 is 1.65. The fourth-order valence-electron chi connectivity index (χ4n) is 1.24. The molecular weight excluding hydrogens is 258 g/mol. The Balaban J connectivity index is 2.44. The van der Waals surface area contributed by atoms with Gasteiger partial charge in [0.25, 0.3) is 0 Å². The van der Waals surface area contributed by atoms with E-state index < -0.39 is 4.92 Å². The Morgan fingerprint density at radius 3 is 2.83 bits per heavy atom. The number of hydrogen-bond acceptors (Lipinski definition) is 8. The van der Waals surface area contributed by atoms with Crippen LogP contribution in [0.2, 0.25) is 0 Å². The summed E-state index contributed by atoms with van der Waals surface area (Å²) in [7, 11) is 3.31. The largest absolute Gasteiger partial charge is 0.367 e. The van der Waals surface area contributed by atoms with Gasteiger partial charge in [0, 0.05) is 14.1 Å². The van der Waals surface area contributed by atoms with Crippen LogP contribution in [-0.4, -0.2) is 36.7 Å². The standard InChI is InChI=1S/C8H9N7O2S/c1-9-6-5(15(16)17)7(11-3-10-6)18-8-13-12-4-14(8)2/h3-4H,1-2H3,(H,9,10,11). The maximum atomic E-state index is 11.0. The number of anilines is 1. The third-order valence-electron chi connectivity index (χ3n) is 2.07. The number of aromatic nitrogens is 5. The lowest BCUT2D eigenvalue weighted by Crippen LogP contribution is -2.03. The van der Waals surface area contributed by atoms with Gasteiger partial charge in [-0.05, 0) is 11.8 Å². The molecule has 10 heteroatoms. The first-order valence-corrected chi connectivity index (χ1v) is 5.64. The molecule has 18 heavy (non-hydrogen) atoms. The van der Waals surface area contributed by atoms with Gasteiger partial charge >= 0.3 is 5.69 Å². The van der Waals surface area contributed by atoms with Crippen molar-refractivity contribution in [1.29, 1.82) is 0 Å². The van der Waals surface area contributed by atoms with Crippen LogP contribution < -0.4 is 5.32 Å². The van der Waals surface area contributed by atoms with E-state index in [2.05, 4.69) is 25.5 Å². The highest BCUT2D eigenvalue weighted by Gasteiger charge is 2.24. The van der Waals surface area contributed by atoms with Crippen molar-refractivity contribution in [3.8, 4) is 0 Å². The molecule has 2 aromatic heterocycles. The van der Waals surface area contributed by atoms with E-state index in [0.29, 0.717) is 5.16 Å². The Morgan fingerprint density at radius 1 is 1.50 bits per heavy atom. The van der Waals surface area contributed by atoms with Gasteiger partial charge in [0.05, 0.1) is 4.92 Å². The first-order chi connectivity index (χ1) is 8.63. The molecule has 0 saturated heterocycles. The monoisotopic (exact) mass is 267 g/mol. The summed E-state index contributed by atoms with van der Waals surface area (Å²) in [6.07, 6.45) is 2.77. The molecule has 0 fully saturated rings. The summed E-state index contributed by atoms with van der Waals surface area (Å²) >= 11 is 1.06. The molecule has 0 saturated carbocycles. The Labute approximate surface area is 106 Å². The van der Waals surface area contributed by atoms with E-state index in [4.69, 9.17) is 0 Å². The first kappa shape index (κ1) is 12.2. The SMILES string of the molecule is CNc1ncnc(Sc2nncn2C)c1[N+](=O)[O-]. The number of rotatable bonds is 4. The van der Waals surface area contributed by atoms with Gasteiger partial charge in [0.15, 0.2) is 10.2 Å². The van der Waals surface area contributed by atoms with Crippen molar-refractivity contribution < 1.29 is 4.92 Å². The van der Waals surface area contributed by atoms with Crippen LogP contribution in [0.25, 0.3) is 0 Å². The van der Waals surface area contributed by atoms with Gasteiger partial charge in [-0.15, -0.1) is 10.2 Å². The highest BCUT2D eigenvalue weighted by molar-refractivity contribution is 7.99. The predicted octanol–water partition coefficient (Wildman–Crippen LogP) is 0.706. The molecule has 1 N–H and O–H groups in total. The number of nitrogens with zero attached hydrogens (tertiary/aromatic N) is 6. The number of nitro groups is 1. The second-order valence-corrected chi connectivity index (χ2v) is 4.17. The second kappa shape index (κ2) is 4.96. The minimum absolute atomic E-state index is 0.166. The zero-order valence-corrected chi connectivity index (χ0v) is 10.4. The number of nitrogens with one attached hydrogen (secondary N) is 1. The molecule has 0 bridgehead atoms. The van der Waals surface area contributed by atoms with Crippen LogP contribution in [0.1, 0.15) is 0 Å². The van der Waals surface area contributed by atoms with Gasteiger partial charge in [-0.25, -0.2) is 9.97 Å². The maximum absolute atomic E-state index is 11.0. The zero-order valence-electron chi connectivity index (χ0n) is 9.56. The van der Waals surface area contributed by atoms with E-state index in [1.165, 1.54) is 12.7 Å². The van der Waals surface area contributed by atoms with E-state index in [-0.39, 0.29) is 16.5 Å². The van der Waals surface area contributed by atoms with E-state index in [0.717, 1.165) is 11.8 Å². The first-order valence-electron chi connectivity index (χ1n) is 4.82. The van der Waals surface area contributed by atoms with Gasteiger partial charge < -0.3 is 9.88 Å². The smallest absolute Gasteiger partial charge is 0.343 e. The molecule has 0 amide bonds. The predicted molar refractivity (Wildman–Crippen MR) is 63.4 cm³/mol. The van der Waals surface area contributed by atoms with Crippen LogP contribution in [-0.2, 0) is 7.05 Å². The molecule has 0 aromatic carbocycles. The van der Waals surface area contributed by atoms with Gasteiger partial charge in [0.2, 0.25) is 5.82 Å². The molecule has 0 atom stereocenters. The average molecular weight is 267 g/mol. The summed E-state index contributed by atoms with van der Waals surface area (Å²) in [6.45, 7) is 0. The van der Waals surface area contributed by atoms with Crippen molar-refractivity contribution in [2.45, 2.75) is 10.2 Å². The van der Waals surface area contributed by atoms with Crippen molar-refractivity contribution in [1.82, 2.24) is 24.7 Å². The van der Waals surface area contributed by atoms with E-state index >= 15 is 0 Å². The Kier molecular flexibility index (Phi) is 3.37. The molecule has 0 unspecified atom stereocenters. The van der Waals surface area contributed by atoms with Crippen LogP contribution in [0.5, 0.6) is 0 Å². The van der Waals surface area contributed by atoms with Crippen LogP contribution in [0.3, 0.4) is 0 Å². The van der Waals surface area contributed by atoms with Crippen molar-refractivity contribution in [2.75, 3.05) is 12.4 Å². The molecule has 0 radical (unpaired) electrons. The minimum atomic E-state index is -0.523. The summed E-state index contributed by atoms with van der Waals surface area (Å²) in [5.41, 5.74) is -0.173. The lowest BCUT2D eigenvalue weighted by molar-refractivity contribution is -0.387. The molecule has 2 heterocycles. The quantitative estimate of drug-likeness (QED) is 0.489. The molecule has 0 aliphatic carbocycles. The molecule has 2 rings (SSSR count). The van der Waals surface area contributed by atoms with Gasteiger partial charge in [0.1, 0.15) is 12.7 Å². The average Bonchev–Trinajstić information content (AvgIpc) is 2.74. The molecule has 94 valence electrons. The highest BCUT2D eigenvalue weighted by atomic mass is 32.2. The Hall–Kier alpha value is -2.23. The molecule has 0 aliphatic rings. The van der Waals surface area contributed by atoms with E-state index in [1.807, 2.05) is 0 Å². The Morgan fingerprint density at radius 2 is 2.28 bits per heavy atom. The van der Waals surface area contributed by atoms with Crippen LogP contribution in [0, 0.1) is 10.1 Å². The highest BCUT2D eigenvalue weighted by Crippen LogP contribution is 2.34. The summed E-state index contributed by atoms with van der Waals surface area (Å²) in [5, 5.41) is 22.0. The lowest BCUT2D eigenvalue weighted by Gasteiger charge is -2.04. The summed E-state index contributed by atoms with van der Waals surface area (Å²) in [4.78, 5) is 18.2. The topological polar surface area (TPSA) is 112 Å². The van der Waals surface area contributed by atoms with Gasteiger partial charge in [-0.2, -0.15) is 0 Å². The number of hydrogen-bond donors (Lipinski definition) is 1. The fraction of sp³-hybridized carbons (Fsp3) is 0.250. The maximum Gasteiger partial charge on any atom is 0.343 e. The molecule has 0 aliphatic heterocycles. The lowest BCUT2D eigenvalue weighted by atomic mass is 10.5. The molecule has 2 aromatic rings. The van der Waals surface area contributed by atoms with Crippen molar-refractivity contribution in [3.05, 3.63) is 22.8 Å². The zero-order chi connectivity index (χ0) is 13.1.